The van der Waals surface area contributed by atoms with Crippen molar-refractivity contribution in [1.29, 1.82) is 5.26 Å². The van der Waals surface area contributed by atoms with Crippen molar-refractivity contribution in [1.82, 2.24) is 9.78 Å². The quantitative estimate of drug-likeness (QED) is 0.490. The molecular weight excluding hydrogens is 434 g/mol. The smallest absolute Gasteiger partial charge is 0.306 e. The number of hydrogen-bond donors (Lipinski definition) is 3. The first kappa shape index (κ1) is 22.9. The van der Waals surface area contributed by atoms with E-state index in [2.05, 4.69) is 5.10 Å². The Morgan fingerprint density at radius 1 is 1.17 bits per heavy atom. The molecule has 1 heterocycles. The van der Waals surface area contributed by atoms with Gasteiger partial charge in [0.2, 0.25) is 0 Å². The number of carbonyl (C=O) groups excluding carboxylic acids is 1. The van der Waals surface area contributed by atoms with Gasteiger partial charge in [0.15, 0.2) is 5.69 Å². The van der Waals surface area contributed by atoms with Gasteiger partial charge in [-0.3, -0.25) is 20.2 Å². The summed E-state index contributed by atoms with van der Waals surface area (Å²) in [5, 5.41) is 22.0. The highest BCUT2D eigenvalue weighted by atomic mass is 19.4. The Hall–Kier alpha value is -3.41. The molecule has 0 spiro atoms. The number of nitrogens with zero attached hydrogens (tertiary/aromatic N) is 3. The molecule has 1 amide bonds. The number of benzene rings is 1. The number of amides is 1. The Morgan fingerprint density at radius 3 is 2.23 bits per heavy atom. The zero-order chi connectivity index (χ0) is 23.1. The molecule has 0 aliphatic rings. The van der Waals surface area contributed by atoms with Crippen molar-refractivity contribution in [2.45, 2.75) is 18.3 Å². The number of halogens is 8. The number of hydrogen-bond acceptors (Lipinski definition) is 5. The maximum atomic E-state index is 13.6. The third kappa shape index (κ3) is 3.99. The second-order valence-corrected chi connectivity index (χ2v) is 5.70. The van der Waals surface area contributed by atoms with Crippen molar-refractivity contribution >= 4 is 17.4 Å². The van der Waals surface area contributed by atoms with E-state index in [0.29, 0.717) is 7.05 Å². The molecule has 15 heteroatoms. The molecule has 0 atom stereocenters. The zero-order valence-corrected chi connectivity index (χ0v) is 14.5. The SMILES string of the molecule is Cn1nc(C(F)(F)C(F)(F)F)c(C(F)(F)F)c1NC(=O)c1ccc(C#N)c(NO)c1. The van der Waals surface area contributed by atoms with Crippen LogP contribution in [0.3, 0.4) is 0 Å². The van der Waals surface area contributed by atoms with E-state index in [-0.39, 0.29) is 15.9 Å². The predicted octanol–water partition coefficient (Wildman–Crippen LogP) is 4.02. The molecule has 0 bridgehead atoms. The van der Waals surface area contributed by atoms with E-state index in [1.165, 1.54) is 0 Å². The molecule has 7 nitrogen and oxygen atoms in total. The van der Waals surface area contributed by atoms with Crippen LogP contribution in [0.15, 0.2) is 18.2 Å². The number of aromatic nitrogens is 2. The first-order valence-corrected chi connectivity index (χ1v) is 7.50. The molecule has 0 radical (unpaired) electrons. The van der Waals surface area contributed by atoms with Crippen molar-refractivity contribution in [2.75, 3.05) is 10.8 Å². The van der Waals surface area contributed by atoms with Gasteiger partial charge >= 0.3 is 18.3 Å². The van der Waals surface area contributed by atoms with Crippen molar-refractivity contribution in [3.05, 3.63) is 40.6 Å². The van der Waals surface area contributed by atoms with Crippen molar-refractivity contribution in [2.24, 2.45) is 7.05 Å². The van der Waals surface area contributed by atoms with Gasteiger partial charge in [0.25, 0.3) is 5.91 Å². The lowest BCUT2D eigenvalue weighted by Crippen LogP contribution is -2.36. The topological polar surface area (TPSA) is 103 Å². The third-order valence-electron chi connectivity index (χ3n) is 3.74. The lowest BCUT2D eigenvalue weighted by Gasteiger charge is -2.19. The summed E-state index contributed by atoms with van der Waals surface area (Å²) in [6, 6.07) is 4.42. The van der Waals surface area contributed by atoms with E-state index in [0.717, 1.165) is 18.2 Å². The number of rotatable bonds is 4. The lowest BCUT2D eigenvalue weighted by molar-refractivity contribution is -0.292. The van der Waals surface area contributed by atoms with Crippen LogP contribution >= 0.6 is 0 Å². The van der Waals surface area contributed by atoms with Crippen LogP contribution in [-0.4, -0.2) is 27.1 Å². The second kappa shape index (κ2) is 7.44. The number of aryl methyl sites for hydroxylation is 1. The highest BCUT2D eigenvalue weighted by Crippen LogP contribution is 2.49. The fraction of sp³-hybridized carbons (Fsp3) is 0.267. The van der Waals surface area contributed by atoms with Crippen molar-refractivity contribution in [3.8, 4) is 6.07 Å². The molecule has 0 unspecified atom stereocenters. The molecule has 2 aromatic rings. The summed E-state index contributed by atoms with van der Waals surface area (Å²) in [6.45, 7) is 0. The van der Waals surface area contributed by atoms with Crippen molar-refractivity contribution < 1.29 is 45.1 Å². The third-order valence-corrected chi connectivity index (χ3v) is 3.74. The van der Waals surface area contributed by atoms with E-state index in [1.807, 2.05) is 0 Å². The van der Waals surface area contributed by atoms with Gasteiger partial charge in [-0.25, -0.2) is 0 Å². The first-order chi connectivity index (χ1) is 13.6. The number of nitriles is 1. The molecular formula is C15H9F8N5O2. The summed E-state index contributed by atoms with van der Waals surface area (Å²) in [5.74, 6) is -8.79. The van der Waals surface area contributed by atoms with Crippen LogP contribution in [0.4, 0.5) is 46.6 Å². The fourth-order valence-corrected chi connectivity index (χ4v) is 2.35. The number of nitrogens with one attached hydrogen (secondary N) is 2. The van der Waals surface area contributed by atoms with Gasteiger partial charge in [-0.1, -0.05) is 0 Å². The van der Waals surface area contributed by atoms with Crippen LogP contribution in [0.5, 0.6) is 0 Å². The molecule has 3 N–H and O–H groups in total. The van der Waals surface area contributed by atoms with Crippen LogP contribution < -0.4 is 10.8 Å². The minimum atomic E-state index is -6.38. The van der Waals surface area contributed by atoms with E-state index < -0.39 is 46.8 Å². The Labute approximate surface area is 161 Å². The Balaban J connectivity index is 2.58. The van der Waals surface area contributed by atoms with Gasteiger partial charge in [-0.05, 0) is 18.2 Å². The highest BCUT2D eigenvalue weighted by Gasteiger charge is 2.64. The molecule has 1 aromatic heterocycles. The van der Waals surface area contributed by atoms with Crippen LogP contribution in [0.2, 0.25) is 0 Å². The number of alkyl halides is 8. The molecule has 0 aliphatic carbocycles. The number of carbonyl (C=O) groups is 1. The maximum absolute atomic E-state index is 13.6. The largest absolute Gasteiger partial charge is 0.459 e. The Kier molecular flexibility index (Phi) is 5.68. The minimum absolute atomic E-state index is 0.0184. The molecule has 162 valence electrons. The Morgan fingerprint density at radius 2 is 1.77 bits per heavy atom. The summed E-state index contributed by atoms with van der Waals surface area (Å²) in [7, 11) is 0.625. The average molecular weight is 443 g/mol. The predicted molar refractivity (Wildman–Crippen MR) is 82.7 cm³/mol. The van der Waals surface area contributed by atoms with Crippen LogP contribution in [0.1, 0.15) is 27.2 Å². The molecule has 30 heavy (non-hydrogen) atoms. The van der Waals surface area contributed by atoms with E-state index >= 15 is 0 Å². The van der Waals surface area contributed by atoms with Gasteiger partial charge in [-0.15, -0.1) is 0 Å². The second-order valence-electron chi connectivity index (χ2n) is 5.70. The summed E-state index contributed by atoms with van der Waals surface area (Å²) < 4.78 is 105. The molecule has 0 saturated heterocycles. The minimum Gasteiger partial charge on any atom is -0.306 e. The van der Waals surface area contributed by atoms with Gasteiger partial charge in [0.1, 0.15) is 17.5 Å². The van der Waals surface area contributed by atoms with Gasteiger partial charge < -0.3 is 5.32 Å². The summed E-state index contributed by atoms with van der Waals surface area (Å²) in [4.78, 5) is 12.2. The molecule has 0 aliphatic heterocycles. The summed E-state index contributed by atoms with van der Waals surface area (Å²) in [5.41, 5.74) is -4.45. The molecule has 0 fully saturated rings. The summed E-state index contributed by atoms with van der Waals surface area (Å²) >= 11 is 0. The normalized spacial score (nSPS) is 12.4. The zero-order valence-electron chi connectivity index (χ0n) is 14.5. The maximum Gasteiger partial charge on any atom is 0.459 e. The highest BCUT2D eigenvalue weighted by molar-refractivity contribution is 6.05. The van der Waals surface area contributed by atoms with Gasteiger partial charge in [-0.2, -0.15) is 45.5 Å². The van der Waals surface area contributed by atoms with E-state index in [4.69, 9.17) is 10.5 Å². The van der Waals surface area contributed by atoms with Crippen molar-refractivity contribution in [3.63, 3.8) is 0 Å². The summed E-state index contributed by atoms with van der Waals surface area (Å²) in [6.07, 6.45) is -12.1. The first-order valence-electron chi connectivity index (χ1n) is 7.50. The molecule has 0 saturated carbocycles. The standard InChI is InChI=1S/C15H9F8N5O2/c1-28-11(25-12(29)6-2-3-7(5-24)8(4-6)27-30)9(14(18,19)20)10(26-28)13(16,17)15(21,22)23/h2-4,27,30H,1H3,(H,25,29). The van der Waals surface area contributed by atoms with Crippen LogP contribution in [0, 0.1) is 11.3 Å². The monoisotopic (exact) mass is 443 g/mol. The number of anilines is 2. The van der Waals surface area contributed by atoms with Crippen LogP contribution in [-0.2, 0) is 19.1 Å². The van der Waals surface area contributed by atoms with E-state index in [1.54, 1.807) is 16.9 Å². The Bertz CT molecular complexity index is 1020. The lowest BCUT2D eigenvalue weighted by atomic mass is 10.1. The van der Waals surface area contributed by atoms with Crippen LogP contribution in [0.25, 0.3) is 0 Å². The van der Waals surface area contributed by atoms with Gasteiger partial charge in [0, 0.05) is 12.6 Å². The fourth-order valence-electron chi connectivity index (χ4n) is 2.35. The molecule has 1 aromatic carbocycles. The molecule has 2 rings (SSSR count). The van der Waals surface area contributed by atoms with E-state index in [9.17, 15) is 39.9 Å². The average Bonchev–Trinajstić information content (AvgIpc) is 2.97. The van der Waals surface area contributed by atoms with Gasteiger partial charge in [0.05, 0.1) is 11.3 Å².